The summed E-state index contributed by atoms with van der Waals surface area (Å²) in [7, 11) is -3.32. The van der Waals surface area contributed by atoms with Gasteiger partial charge in [0.2, 0.25) is 0 Å². The van der Waals surface area contributed by atoms with Crippen LogP contribution in [0.4, 0.5) is 16.3 Å². The summed E-state index contributed by atoms with van der Waals surface area (Å²) in [4.78, 5) is 23.8. The molecule has 3 fully saturated rings. The fourth-order valence-electron chi connectivity index (χ4n) is 4.55. The fourth-order valence-corrected chi connectivity index (χ4v) is 5.88. The van der Waals surface area contributed by atoms with Crippen molar-refractivity contribution in [3.05, 3.63) is 36.0 Å². The number of carbonyl (C=O) groups excluding carboxylic acids is 1. The van der Waals surface area contributed by atoms with Gasteiger partial charge in [0.25, 0.3) is 0 Å². The van der Waals surface area contributed by atoms with Crippen molar-refractivity contribution < 1.29 is 17.9 Å². The molecule has 0 radical (unpaired) electrons. The summed E-state index contributed by atoms with van der Waals surface area (Å²) in [6.07, 6.45) is 5.63. The van der Waals surface area contributed by atoms with Crippen LogP contribution in [-0.2, 0) is 19.3 Å². The maximum Gasteiger partial charge on any atom is 0.319 e. The van der Waals surface area contributed by atoms with Gasteiger partial charge < -0.3 is 20.3 Å². The van der Waals surface area contributed by atoms with Crippen LogP contribution in [0.25, 0.3) is 11.4 Å². The van der Waals surface area contributed by atoms with Gasteiger partial charge in [-0.25, -0.2) is 23.2 Å². The van der Waals surface area contributed by atoms with E-state index in [1.54, 1.807) is 0 Å². The van der Waals surface area contributed by atoms with E-state index in [0.29, 0.717) is 55.6 Å². The van der Waals surface area contributed by atoms with Gasteiger partial charge in [-0.05, 0) is 63.3 Å². The second-order valence-corrected chi connectivity index (χ2v) is 11.9. The SMILES string of the molecule is C[C@H]1COCCN1c1cc(C2(S(C)(=O)=O)CC2)nc(-c2ccc(NC(=O)NC3CCC3)cc2)n1. The van der Waals surface area contributed by atoms with Crippen LogP contribution in [0.1, 0.15) is 44.7 Å². The first kappa shape index (κ1) is 23.0. The molecule has 3 aliphatic rings. The quantitative estimate of drug-likeness (QED) is 0.646. The topological polar surface area (TPSA) is 114 Å². The minimum absolute atomic E-state index is 0.124. The molecule has 2 heterocycles. The number of carbonyl (C=O) groups is 1. The van der Waals surface area contributed by atoms with Gasteiger partial charge in [0.1, 0.15) is 10.6 Å². The maximum absolute atomic E-state index is 12.6. The number of benzene rings is 1. The number of ether oxygens (including phenoxy) is 1. The van der Waals surface area contributed by atoms with Crippen molar-refractivity contribution in [1.82, 2.24) is 15.3 Å². The van der Waals surface area contributed by atoms with Crippen molar-refractivity contribution in [1.29, 1.82) is 0 Å². The molecule has 1 saturated heterocycles. The Kier molecular flexibility index (Phi) is 5.97. The Morgan fingerprint density at radius 3 is 2.50 bits per heavy atom. The van der Waals surface area contributed by atoms with E-state index in [9.17, 15) is 13.2 Å². The van der Waals surface area contributed by atoms with Gasteiger partial charge >= 0.3 is 6.03 Å². The second kappa shape index (κ2) is 8.81. The van der Waals surface area contributed by atoms with Crippen LogP contribution < -0.4 is 15.5 Å². The van der Waals surface area contributed by atoms with Crippen LogP contribution in [0.5, 0.6) is 0 Å². The minimum Gasteiger partial charge on any atom is -0.377 e. The standard InChI is InChI=1S/C24H31N5O4S/c1-16-15-33-13-12-29(16)21-14-20(24(10-11-24)34(2,31)32)27-22(28-21)17-6-8-19(9-7-17)26-23(30)25-18-4-3-5-18/h6-9,14,16,18H,3-5,10-13,15H2,1-2H3,(H2,25,26,30)/t16-/m0/s1. The first-order valence-electron chi connectivity index (χ1n) is 11.9. The number of hydrogen-bond donors (Lipinski definition) is 2. The second-order valence-electron chi connectivity index (χ2n) is 9.62. The lowest BCUT2D eigenvalue weighted by Crippen LogP contribution is -2.44. The van der Waals surface area contributed by atoms with Gasteiger partial charge in [0, 0.05) is 36.2 Å². The van der Waals surface area contributed by atoms with E-state index in [0.717, 1.165) is 24.8 Å². The Hall–Kier alpha value is -2.72. The Morgan fingerprint density at radius 2 is 1.91 bits per heavy atom. The molecule has 1 aliphatic heterocycles. The van der Waals surface area contributed by atoms with Crippen LogP contribution in [0.15, 0.2) is 30.3 Å². The number of amides is 2. The molecule has 0 unspecified atom stereocenters. The highest BCUT2D eigenvalue weighted by Crippen LogP contribution is 2.52. The summed E-state index contributed by atoms with van der Waals surface area (Å²) in [5.74, 6) is 1.19. The van der Waals surface area contributed by atoms with E-state index in [1.807, 2.05) is 30.3 Å². The zero-order valence-corrected chi connectivity index (χ0v) is 20.4. The summed E-state index contributed by atoms with van der Waals surface area (Å²) in [6.45, 7) is 3.94. The number of nitrogens with one attached hydrogen (secondary N) is 2. The molecule has 10 heteroatoms. The monoisotopic (exact) mass is 485 g/mol. The van der Waals surface area contributed by atoms with E-state index in [1.165, 1.54) is 6.26 Å². The van der Waals surface area contributed by atoms with Gasteiger partial charge in [-0.2, -0.15) is 0 Å². The number of rotatable bonds is 6. The smallest absolute Gasteiger partial charge is 0.319 e. The Morgan fingerprint density at radius 1 is 1.18 bits per heavy atom. The van der Waals surface area contributed by atoms with Crippen molar-refractivity contribution >= 4 is 27.4 Å². The zero-order chi connectivity index (χ0) is 23.9. The maximum atomic E-state index is 12.6. The predicted molar refractivity (Wildman–Crippen MR) is 131 cm³/mol. The lowest BCUT2D eigenvalue weighted by Gasteiger charge is -2.34. The molecule has 2 amide bonds. The van der Waals surface area contributed by atoms with Crippen molar-refractivity contribution in [2.75, 3.05) is 36.2 Å². The highest BCUT2D eigenvalue weighted by Gasteiger charge is 2.55. The Bertz CT molecular complexity index is 1180. The van der Waals surface area contributed by atoms with Crippen molar-refractivity contribution in [2.45, 2.75) is 55.9 Å². The van der Waals surface area contributed by atoms with E-state index < -0.39 is 14.6 Å². The minimum atomic E-state index is -3.32. The average molecular weight is 486 g/mol. The number of urea groups is 1. The number of nitrogens with zero attached hydrogens (tertiary/aromatic N) is 3. The molecule has 2 saturated carbocycles. The molecule has 182 valence electrons. The molecule has 2 aromatic rings. The fraction of sp³-hybridized carbons (Fsp3) is 0.542. The first-order chi connectivity index (χ1) is 16.2. The molecule has 5 rings (SSSR count). The summed E-state index contributed by atoms with van der Waals surface area (Å²) < 4.78 is 29.9. The predicted octanol–water partition coefficient (Wildman–Crippen LogP) is 3.08. The third-order valence-electron chi connectivity index (χ3n) is 7.10. The summed E-state index contributed by atoms with van der Waals surface area (Å²) in [6, 6.07) is 9.34. The number of anilines is 2. The van der Waals surface area contributed by atoms with Gasteiger partial charge in [-0.15, -0.1) is 0 Å². The number of morpholine rings is 1. The third kappa shape index (κ3) is 4.48. The molecule has 1 aromatic carbocycles. The summed E-state index contributed by atoms with van der Waals surface area (Å²) in [5.41, 5.74) is 1.99. The lowest BCUT2D eigenvalue weighted by molar-refractivity contribution is 0.0985. The van der Waals surface area contributed by atoms with Crippen LogP contribution in [0, 0.1) is 0 Å². The average Bonchev–Trinajstić information content (AvgIpc) is 3.59. The normalized spacial score (nSPS) is 22.1. The molecule has 1 aromatic heterocycles. The number of hydrogen-bond acceptors (Lipinski definition) is 7. The summed E-state index contributed by atoms with van der Waals surface area (Å²) >= 11 is 0. The molecular formula is C24H31N5O4S. The lowest BCUT2D eigenvalue weighted by atomic mass is 9.93. The van der Waals surface area contributed by atoms with E-state index >= 15 is 0 Å². The van der Waals surface area contributed by atoms with Crippen LogP contribution in [0.3, 0.4) is 0 Å². The molecule has 0 bridgehead atoms. The largest absolute Gasteiger partial charge is 0.377 e. The molecular weight excluding hydrogens is 454 g/mol. The Balaban J connectivity index is 1.45. The van der Waals surface area contributed by atoms with Crippen LogP contribution >= 0.6 is 0 Å². The molecule has 1 atom stereocenters. The van der Waals surface area contributed by atoms with Gasteiger partial charge in [0.05, 0.1) is 24.9 Å². The molecule has 0 spiro atoms. The first-order valence-corrected chi connectivity index (χ1v) is 13.8. The molecule has 34 heavy (non-hydrogen) atoms. The highest BCUT2D eigenvalue weighted by molar-refractivity contribution is 7.91. The molecule has 2 aliphatic carbocycles. The van der Waals surface area contributed by atoms with E-state index in [-0.39, 0.29) is 18.1 Å². The van der Waals surface area contributed by atoms with E-state index in [2.05, 4.69) is 22.5 Å². The van der Waals surface area contributed by atoms with Gasteiger partial charge in [-0.1, -0.05) is 0 Å². The molecule has 2 N–H and O–H groups in total. The molecule has 9 nitrogen and oxygen atoms in total. The highest BCUT2D eigenvalue weighted by atomic mass is 32.2. The van der Waals surface area contributed by atoms with Crippen molar-refractivity contribution in [3.63, 3.8) is 0 Å². The van der Waals surface area contributed by atoms with Crippen LogP contribution in [0.2, 0.25) is 0 Å². The van der Waals surface area contributed by atoms with Gasteiger partial charge in [-0.3, -0.25) is 0 Å². The van der Waals surface area contributed by atoms with Crippen LogP contribution in [-0.4, -0.2) is 62.5 Å². The zero-order valence-electron chi connectivity index (χ0n) is 19.6. The van der Waals surface area contributed by atoms with E-state index in [4.69, 9.17) is 14.7 Å². The van der Waals surface area contributed by atoms with Gasteiger partial charge in [0.15, 0.2) is 15.7 Å². The summed E-state index contributed by atoms with van der Waals surface area (Å²) in [5, 5.41) is 5.82. The van der Waals surface area contributed by atoms with Crippen molar-refractivity contribution in [2.24, 2.45) is 0 Å². The Labute approximate surface area is 200 Å². The third-order valence-corrected chi connectivity index (χ3v) is 9.13. The van der Waals surface area contributed by atoms with Crippen molar-refractivity contribution in [3.8, 4) is 11.4 Å². The number of aromatic nitrogens is 2. The number of sulfone groups is 1.